The number of fused-ring (bicyclic) bond motifs is 1. The van der Waals surface area contributed by atoms with Gasteiger partial charge in [0.05, 0.1) is 6.61 Å². The lowest BCUT2D eigenvalue weighted by molar-refractivity contribution is -0.130. The molecule has 3 rings (SSSR count). The van der Waals surface area contributed by atoms with Gasteiger partial charge in [0.2, 0.25) is 12.0 Å². The highest BCUT2D eigenvalue weighted by atomic mass is 16.6. The number of pyridine rings is 1. The van der Waals surface area contributed by atoms with Crippen molar-refractivity contribution in [1.82, 2.24) is 10.3 Å². The predicted molar refractivity (Wildman–Crippen MR) is 89.8 cm³/mol. The summed E-state index contributed by atoms with van der Waals surface area (Å²) in [6.07, 6.45) is 0.996. The molecule has 0 spiro atoms. The van der Waals surface area contributed by atoms with Gasteiger partial charge >= 0.3 is 0 Å². The first-order valence-corrected chi connectivity index (χ1v) is 7.99. The minimum absolute atomic E-state index is 0.188. The molecule has 0 unspecified atom stereocenters. The molecule has 1 N–H and O–H groups in total. The third-order valence-electron chi connectivity index (χ3n) is 3.60. The summed E-state index contributed by atoms with van der Waals surface area (Å²) < 4.78 is 21.5. The van der Waals surface area contributed by atoms with Gasteiger partial charge in [0.25, 0.3) is 5.91 Å². The first kappa shape index (κ1) is 17.0. The topological polar surface area (TPSA) is 78.9 Å². The fraction of sp³-hybridized carbons (Fsp3) is 0.333. The summed E-state index contributed by atoms with van der Waals surface area (Å²) in [7, 11) is 1.61. The maximum atomic E-state index is 12.2. The van der Waals surface area contributed by atoms with Gasteiger partial charge < -0.3 is 24.3 Å². The van der Waals surface area contributed by atoms with E-state index in [9.17, 15) is 4.79 Å². The average Bonchev–Trinajstić information content (AvgIpc) is 2.67. The fourth-order valence-corrected chi connectivity index (χ4v) is 2.28. The smallest absolute Gasteiger partial charge is 0.264 e. The van der Waals surface area contributed by atoms with Crippen LogP contribution >= 0.6 is 0 Å². The molecule has 7 nitrogen and oxygen atoms in total. The molecule has 25 heavy (non-hydrogen) atoms. The van der Waals surface area contributed by atoms with Gasteiger partial charge in [-0.25, -0.2) is 4.98 Å². The number of ether oxygens (including phenoxy) is 4. The normalized spacial score (nSPS) is 15.5. The standard InChI is InChI=1S/C18H20N2O5/c1-22-8-9-23-17-7-6-13(10-19-17)11-20-18(21)16-12-24-14-4-2-3-5-15(14)25-16/h2-7,10,16H,8-9,11-12H2,1H3,(H,20,21)/t16-/m0/s1. The number of hydrogen-bond donors (Lipinski definition) is 1. The van der Waals surface area contributed by atoms with Crippen LogP contribution in [0.1, 0.15) is 5.56 Å². The van der Waals surface area contributed by atoms with Crippen molar-refractivity contribution in [1.29, 1.82) is 0 Å². The van der Waals surface area contributed by atoms with E-state index in [1.807, 2.05) is 24.3 Å². The average molecular weight is 344 g/mol. The maximum absolute atomic E-state index is 12.2. The van der Waals surface area contributed by atoms with Crippen molar-refractivity contribution in [3.8, 4) is 17.4 Å². The van der Waals surface area contributed by atoms with E-state index >= 15 is 0 Å². The summed E-state index contributed by atoms with van der Waals surface area (Å²) in [5, 5.41) is 2.83. The van der Waals surface area contributed by atoms with Crippen LogP contribution in [0, 0.1) is 0 Å². The second kappa shape index (κ2) is 8.34. The van der Waals surface area contributed by atoms with Crippen LogP contribution in [-0.4, -0.2) is 43.9 Å². The Balaban J connectivity index is 1.48. The molecular weight excluding hydrogens is 324 g/mol. The monoisotopic (exact) mass is 344 g/mol. The molecule has 1 aliphatic rings. The lowest BCUT2D eigenvalue weighted by Crippen LogP contribution is -2.43. The Hall–Kier alpha value is -2.80. The van der Waals surface area contributed by atoms with Gasteiger partial charge in [-0.05, 0) is 17.7 Å². The predicted octanol–water partition coefficient (Wildman–Crippen LogP) is 1.56. The Labute approximate surface area is 145 Å². The van der Waals surface area contributed by atoms with E-state index < -0.39 is 6.10 Å². The first-order valence-electron chi connectivity index (χ1n) is 7.99. The third kappa shape index (κ3) is 4.60. The zero-order chi connectivity index (χ0) is 17.5. The van der Waals surface area contributed by atoms with Gasteiger partial charge in [0.15, 0.2) is 11.5 Å². The molecule has 0 radical (unpaired) electrons. The van der Waals surface area contributed by atoms with Crippen LogP contribution in [0.15, 0.2) is 42.6 Å². The fourth-order valence-electron chi connectivity index (χ4n) is 2.28. The van der Waals surface area contributed by atoms with Gasteiger partial charge in [-0.2, -0.15) is 0 Å². The summed E-state index contributed by atoms with van der Waals surface area (Å²) in [4.78, 5) is 16.4. The van der Waals surface area contributed by atoms with E-state index in [1.54, 1.807) is 25.4 Å². The minimum Gasteiger partial charge on any atom is -0.485 e. The highest BCUT2D eigenvalue weighted by molar-refractivity contribution is 5.81. The quantitative estimate of drug-likeness (QED) is 0.768. The van der Waals surface area contributed by atoms with Crippen molar-refractivity contribution in [2.75, 3.05) is 26.9 Å². The van der Waals surface area contributed by atoms with E-state index in [0.717, 1.165) is 5.56 Å². The summed E-state index contributed by atoms with van der Waals surface area (Å²) in [6, 6.07) is 10.9. The molecule has 0 aliphatic carbocycles. The van der Waals surface area contributed by atoms with Crippen molar-refractivity contribution in [2.24, 2.45) is 0 Å². The Morgan fingerprint density at radius 1 is 1.24 bits per heavy atom. The molecule has 1 aromatic heterocycles. The van der Waals surface area contributed by atoms with Crippen LogP contribution in [-0.2, 0) is 16.1 Å². The number of carbonyl (C=O) groups excluding carboxylic acids is 1. The van der Waals surface area contributed by atoms with Gasteiger partial charge in [0, 0.05) is 25.9 Å². The van der Waals surface area contributed by atoms with Crippen LogP contribution in [0.2, 0.25) is 0 Å². The van der Waals surface area contributed by atoms with E-state index in [1.165, 1.54) is 0 Å². The molecule has 1 amide bonds. The van der Waals surface area contributed by atoms with Crippen LogP contribution in [0.5, 0.6) is 17.4 Å². The maximum Gasteiger partial charge on any atom is 0.264 e. The zero-order valence-corrected chi connectivity index (χ0v) is 13.9. The molecule has 0 bridgehead atoms. The second-order valence-electron chi connectivity index (χ2n) is 5.43. The van der Waals surface area contributed by atoms with E-state index in [4.69, 9.17) is 18.9 Å². The summed E-state index contributed by atoms with van der Waals surface area (Å²) >= 11 is 0. The van der Waals surface area contributed by atoms with Crippen molar-refractivity contribution >= 4 is 5.91 Å². The Morgan fingerprint density at radius 2 is 2.08 bits per heavy atom. The van der Waals surface area contributed by atoms with E-state index in [-0.39, 0.29) is 12.5 Å². The van der Waals surface area contributed by atoms with Crippen molar-refractivity contribution < 1.29 is 23.7 Å². The Morgan fingerprint density at radius 3 is 2.84 bits per heavy atom. The van der Waals surface area contributed by atoms with Crippen LogP contribution in [0.4, 0.5) is 0 Å². The van der Waals surface area contributed by atoms with Crippen molar-refractivity contribution in [3.05, 3.63) is 48.2 Å². The van der Waals surface area contributed by atoms with Gasteiger partial charge in [-0.15, -0.1) is 0 Å². The molecule has 1 aromatic carbocycles. The highest BCUT2D eigenvalue weighted by Gasteiger charge is 2.26. The van der Waals surface area contributed by atoms with Crippen molar-refractivity contribution in [2.45, 2.75) is 12.6 Å². The molecule has 7 heteroatoms. The van der Waals surface area contributed by atoms with Crippen LogP contribution < -0.4 is 19.5 Å². The molecule has 1 aliphatic heterocycles. The summed E-state index contributed by atoms with van der Waals surface area (Å²) in [5.41, 5.74) is 0.865. The highest BCUT2D eigenvalue weighted by Crippen LogP contribution is 2.30. The molecule has 0 saturated carbocycles. The van der Waals surface area contributed by atoms with Crippen molar-refractivity contribution in [3.63, 3.8) is 0 Å². The van der Waals surface area contributed by atoms with E-state index in [2.05, 4.69) is 10.3 Å². The number of nitrogens with one attached hydrogen (secondary N) is 1. The number of para-hydroxylation sites is 2. The number of nitrogens with zero attached hydrogens (tertiary/aromatic N) is 1. The number of benzene rings is 1. The Bertz CT molecular complexity index is 705. The number of carbonyl (C=O) groups is 1. The first-order chi connectivity index (χ1) is 12.3. The molecule has 1 atom stereocenters. The Kier molecular flexibility index (Phi) is 5.69. The molecular formula is C18H20N2O5. The number of rotatable bonds is 7. The largest absolute Gasteiger partial charge is 0.485 e. The second-order valence-corrected chi connectivity index (χ2v) is 5.43. The molecule has 0 saturated heterocycles. The minimum atomic E-state index is -0.667. The third-order valence-corrected chi connectivity index (χ3v) is 3.60. The van der Waals surface area contributed by atoms with Gasteiger partial charge in [-0.3, -0.25) is 4.79 Å². The number of aromatic nitrogens is 1. The van der Waals surface area contributed by atoms with Crippen LogP contribution in [0.3, 0.4) is 0 Å². The summed E-state index contributed by atoms with van der Waals surface area (Å²) in [5.74, 6) is 1.52. The molecule has 0 fully saturated rings. The number of amides is 1. The molecule has 2 aromatic rings. The molecule has 2 heterocycles. The van der Waals surface area contributed by atoms with E-state index in [0.29, 0.717) is 37.1 Å². The van der Waals surface area contributed by atoms with Gasteiger partial charge in [0.1, 0.15) is 13.2 Å². The number of hydrogen-bond acceptors (Lipinski definition) is 6. The van der Waals surface area contributed by atoms with Gasteiger partial charge in [-0.1, -0.05) is 18.2 Å². The lowest BCUT2D eigenvalue weighted by atomic mass is 10.2. The lowest BCUT2D eigenvalue weighted by Gasteiger charge is -2.25. The molecule has 132 valence electrons. The van der Waals surface area contributed by atoms with Crippen LogP contribution in [0.25, 0.3) is 0 Å². The SMILES string of the molecule is COCCOc1ccc(CNC(=O)[C@@H]2COc3ccccc3O2)cn1. The zero-order valence-electron chi connectivity index (χ0n) is 13.9. The number of methoxy groups -OCH3 is 1. The summed E-state index contributed by atoms with van der Waals surface area (Å²) in [6.45, 7) is 1.49.